The molecule has 48 valence electrons. The van der Waals surface area contributed by atoms with Crippen LogP contribution in [0.4, 0.5) is 0 Å². The van der Waals surface area contributed by atoms with E-state index in [0.717, 1.165) is 13.0 Å². The van der Waals surface area contributed by atoms with E-state index in [4.69, 9.17) is 15.2 Å². The third-order valence-corrected chi connectivity index (χ3v) is 1.18. The van der Waals surface area contributed by atoms with Crippen molar-refractivity contribution in [3.63, 3.8) is 0 Å². The number of ether oxygens (including phenoxy) is 2. The summed E-state index contributed by atoms with van der Waals surface area (Å²) in [6.45, 7) is 1.86. The lowest BCUT2D eigenvalue weighted by Crippen LogP contribution is -2.14. The summed E-state index contributed by atoms with van der Waals surface area (Å²) in [4.78, 5) is 0. The summed E-state index contributed by atoms with van der Waals surface area (Å²) >= 11 is 0. The Morgan fingerprint density at radius 2 is 2.50 bits per heavy atom. The van der Waals surface area contributed by atoms with E-state index in [1.807, 2.05) is 0 Å². The van der Waals surface area contributed by atoms with Crippen molar-refractivity contribution in [2.45, 2.75) is 12.5 Å². The van der Waals surface area contributed by atoms with Gasteiger partial charge in [0, 0.05) is 0 Å². The fraction of sp³-hybridized carbons (Fsp3) is 1.00. The van der Waals surface area contributed by atoms with Crippen LogP contribution in [0.25, 0.3) is 0 Å². The van der Waals surface area contributed by atoms with Crippen molar-refractivity contribution in [1.82, 2.24) is 0 Å². The normalized spacial score (nSPS) is 28.9. The molecular weight excluding hydrogens is 106 g/mol. The van der Waals surface area contributed by atoms with Gasteiger partial charge in [-0.1, -0.05) is 0 Å². The second-order valence-corrected chi connectivity index (χ2v) is 1.85. The molecule has 1 aliphatic heterocycles. The molecular formula is C5H11NO2. The molecule has 3 heteroatoms. The van der Waals surface area contributed by atoms with E-state index < -0.39 is 0 Å². The van der Waals surface area contributed by atoms with E-state index in [1.54, 1.807) is 0 Å². The highest BCUT2D eigenvalue weighted by Crippen LogP contribution is 2.04. The molecule has 0 aliphatic carbocycles. The van der Waals surface area contributed by atoms with Crippen molar-refractivity contribution in [2.24, 2.45) is 5.73 Å². The topological polar surface area (TPSA) is 44.5 Å². The largest absolute Gasteiger partial charge is 0.353 e. The molecule has 2 N–H and O–H groups in total. The SMILES string of the molecule is NCCC1COCO1. The van der Waals surface area contributed by atoms with Gasteiger partial charge >= 0.3 is 0 Å². The number of nitrogens with two attached hydrogens (primary N) is 1. The first-order chi connectivity index (χ1) is 3.93. The van der Waals surface area contributed by atoms with Gasteiger partial charge in [0.05, 0.1) is 12.7 Å². The van der Waals surface area contributed by atoms with Crippen LogP contribution in [-0.4, -0.2) is 26.0 Å². The fourth-order valence-corrected chi connectivity index (χ4v) is 0.725. The van der Waals surface area contributed by atoms with Crippen molar-refractivity contribution < 1.29 is 9.47 Å². The van der Waals surface area contributed by atoms with Crippen LogP contribution in [0.1, 0.15) is 6.42 Å². The summed E-state index contributed by atoms with van der Waals surface area (Å²) in [6.07, 6.45) is 1.18. The zero-order valence-electron chi connectivity index (χ0n) is 4.80. The highest BCUT2D eigenvalue weighted by Gasteiger charge is 2.13. The third kappa shape index (κ3) is 1.43. The molecule has 1 unspecified atom stereocenters. The molecule has 1 aliphatic rings. The van der Waals surface area contributed by atoms with Crippen LogP contribution in [0.5, 0.6) is 0 Å². The van der Waals surface area contributed by atoms with E-state index in [0.29, 0.717) is 13.3 Å². The minimum atomic E-state index is 0.264. The van der Waals surface area contributed by atoms with Gasteiger partial charge in [0.1, 0.15) is 6.79 Å². The molecule has 1 atom stereocenters. The molecule has 0 bridgehead atoms. The monoisotopic (exact) mass is 117 g/mol. The first-order valence-corrected chi connectivity index (χ1v) is 2.83. The molecule has 0 aromatic carbocycles. The molecule has 0 radical (unpaired) electrons. The van der Waals surface area contributed by atoms with Crippen LogP contribution in [0.3, 0.4) is 0 Å². The van der Waals surface area contributed by atoms with E-state index in [2.05, 4.69) is 0 Å². The number of rotatable bonds is 2. The van der Waals surface area contributed by atoms with Crippen LogP contribution in [0.15, 0.2) is 0 Å². The van der Waals surface area contributed by atoms with Crippen molar-refractivity contribution >= 4 is 0 Å². The minimum absolute atomic E-state index is 0.264. The van der Waals surface area contributed by atoms with Crippen LogP contribution in [0.2, 0.25) is 0 Å². The van der Waals surface area contributed by atoms with Crippen molar-refractivity contribution in [3.05, 3.63) is 0 Å². The molecule has 1 rings (SSSR count). The van der Waals surface area contributed by atoms with Gasteiger partial charge < -0.3 is 15.2 Å². The van der Waals surface area contributed by atoms with Gasteiger partial charge in [0.25, 0.3) is 0 Å². The summed E-state index contributed by atoms with van der Waals surface area (Å²) in [6, 6.07) is 0. The molecule has 0 amide bonds. The Hall–Kier alpha value is -0.120. The lowest BCUT2D eigenvalue weighted by molar-refractivity contribution is 0.0454. The molecule has 0 saturated carbocycles. The van der Waals surface area contributed by atoms with E-state index in [1.165, 1.54) is 0 Å². The Balaban J connectivity index is 2.06. The van der Waals surface area contributed by atoms with Gasteiger partial charge in [-0.05, 0) is 13.0 Å². The highest BCUT2D eigenvalue weighted by molar-refractivity contribution is 4.59. The average Bonchev–Trinajstić information content (AvgIpc) is 2.19. The zero-order valence-corrected chi connectivity index (χ0v) is 4.80. The van der Waals surface area contributed by atoms with Gasteiger partial charge in [-0.25, -0.2) is 0 Å². The van der Waals surface area contributed by atoms with Gasteiger partial charge in [-0.15, -0.1) is 0 Å². The fourth-order valence-electron chi connectivity index (χ4n) is 0.725. The quantitative estimate of drug-likeness (QED) is 0.540. The molecule has 1 fully saturated rings. The Bertz CT molecular complexity index is 61.4. The van der Waals surface area contributed by atoms with Crippen molar-refractivity contribution in [3.8, 4) is 0 Å². The molecule has 0 aromatic rings. The predicted octanol–water partition coefficient (Wildman–Crippen LogP) is -0.292. The Morgan fingerprint density at radius 3 is 3.00 bits per heavy atom. The average molecular weight is 117 g/mol. The summed E-state index contributed by atoms with van der Waals surface area (Å²) in [5.74, 6) is 0. The molecule has 1 heterocycles. The van der Waals surface area contributed by atoms with Crippen molar-refractivity contribution in [2.75, 3.05) is 19.9 Å². The van der Waals surface area contributed by atoms with E-state index in [9.17, 15) is 0 Å². The van der Waals surface area contributed by atoms with Gasteiger partial charge in [-0.3, -0.25) is 0 Å². The molecule has 8 heavy (non-hydrogen) atoms. The summed E-state index contributed by atoms with van der Waals surface area (Å²) in [5, 5.41) is 0. The van der Waals surface area contributed by atoms with Crippen molar-refractivity contribution in [1.29, 1.82) is 0 Å². The standard InChI is InChI=1S/C5H11NO2/c6-2-1-5-3-7-4-8-5/h5H,1-4,6H2. The summed E-state index contributed by atoms with van der Waals surface area (Å²) in [7, 11) is 0. The summed E-state index contributed by atoms with van der Waals surface area (Å²) < 4.78 is 10.0. The maximum Gasteiger partial charge on any atom is 0.147 e. The first kappa shape index (κ1) is 6.01. The van der Waals surface area contributed by atoms with Gasteiger partial charge in [0.15, 0.2) is 0 Å². The summed E-state index contributed by atoms with van der Waals surface area (Å²) in [5.41, 5.74) is 5.27. The Kier molecular flexibility index (Phi) is 2.27. The lowest BCUT2D eigenvalue weighted by atomic mass is 10.3. The zero-order chi connectivity index (χ0) is 5.82. The second-order valence-electron chi connectivity index (χ2n) is 1.85. The van der Waals surface area contributed by atoms with Crippen LogP contribution in [0, 0.1) is 0 Å². The highest BCUT2D eigenvalue weighted by atomic mass is 16.7. The van der Waals surface area contributed by atoms with E-state index >= 15 is 0 Å². The molecule has 3 nitrogen and oxygen atoms in total. The smallest absolute Gasteiger partial charge is 0.147 e. The van der Waals surface area contributed by atoms with Gasteiger partial charge in [-0.2, -0.15) is 0 Å². The molecule has 1 saturated heterocycles. The molecule has 0 spiro atoms. The minimum Gasteiger partial charge on any atom is -0.353 e. The van der Waals surface area contributed by atoms with Crippen LogP contribution >= 0.6 is 0 Å². The second kappa shape index (κ2) is 3.02. The lowest BCUT2D eigenvalue weighted by Gasteiger charge is -2.01. The predicted molar refractivity (Wildman–Crippen MR) is 29.4 cm³/mol. The maximum atomic E-state index is 5.27. The maximum absolute atomic E-state index is 5.27. The number of hydrogen-bond donors (Lipinski definition) is 1. The van der Waals surface area contributed by atoms with Crippen LogP contribution < -0.4 is 5.73 Å². The van der Waals surface area contributed by atoms with Gasteiger partial charge in [0.2, 0.25) is 0 Å². The third-order valence-electron chi connectivity index (χ3n) is 1.18. The van der Waals surface area contributed by atoms with Crippen LogP contribution in [-0.2, 0) is 9.47 Å². The molecule has 0 aromatic heterocycles. The first-order valence-electron chi connectivity index (χ1n) is 2.83. The number of hydrogen-bond acceptors (Lipinski definition) is 3. The Labute approximate surface area is 48.8 Å². The Morgan fingerprint density at radius 1 is 1.62 bits per heavy atom. The van der Waals surface area contributed by atoms with E-state index in [-0.39, 0.29) is 6.10 Å².